The highest BCUT2D eigenvalue weighted by atomic mass is 32.2. The van der Waals surface area contributed by atoms with E-state index in [9.17, 15) is 8.42 Å². The molecule has 0 bridgehead atoms. The summed E-state index contributed by atoms with van der Waals surface area (Å²) in [7, 11) is -3.50. The van der Waals surface area contributed by atoms with Gasteiger partial charge in [-0.15, -0.1) is 0 Å². The van der Waals surface area contributed by atoms with Crippen molar-refractivity contribution in [2.45, 2.75) is 43.5 Å². The monoisotopic (exact) mass is 307 g/mol. The lowest BCUT2D eigenvalue weighted by Crippen LogP contribution is -2.32. The summed E-state index contributed by atoms with van der Waals surface area (Å²) in [5.74, 6) is 0.841. The fraction of sp³-hybridized carbons (Fsp3) is 0.429. The lowest BCUT2D eigenvalue weighted by atomic mass is 10.2. The Bertz CT molecular complexity index is 733. The van der Waals surface area contributed by atoms with Crippen molar-refractivity contribution >= 4 is 10.0 Å². The fourth-order valence-corrected chi connectivity index (χ4v) is 3.90. The minimum atomic E-state index is -3.50. The quantitative estimate of drug-likeness (QED) is 0.936. The molecule has 0 atom stereocenters. The van der Waals surface area contributed by atoms with E-state index in [1.807, 2.05) is 0 Å². The minimum absolute atomic E-state index is 0.0473. The first-order valence-electron chi connectivity index (χ1n) is 6.98. The van der Waals surface area contributed by atoms with Crippen LogP contribution in [0.25, 0.3) is 11.4 Å². The van der Waals surface area contributed by atoms with Crippen LogP contribution in [0.2, 0.25) is 0 Å². The van der Waals surface area contributed by atoms with Crippen molar-refractivity contribution in [1.82, 2.24) is 14.9 Å². The fourth-order valence-electron chi connectivity index (χ4n) is 2.55. The first kappa shape index (κ1) is 14.2. The van der Waals surface area contributed by atoms with Crippen LogP contribution in [-0.4, -0.2) is 24.6 Å². The molecule has 0 unspecified atom stereocenters. The van der Waals surface area contributed by atoms with E-state index >= 15 is 0 Å². The molecule has 0 radical (unpaired) electrons. The van der Waals surface area contributed by atoms with Gasteiger partial charge in [-0.05, 0) is 25.0 Å². The van der Waals surface area contributed by atoms with Gasteiger partial charge in [0.15, 0.2) is 0 Å². The SMILES string of the molecule is Cc1nc(-c2cccc(S(=O)(=O)NC3CCCC3)c2)no1. The maximum absolute atomic E-state index is 12.4. The van der Waals surface area contributed by atoms with Crippen LogP contribution >= 0.6 is 0 Å². The summed E-state index contributed by atoms with van der Waals surface area (Å²) in [5.41, 5.74) is 0.626. The van der Waals surface area contributed by atoms with Crippen molar-refractivity contribution in [1.29, 1.82) is 0 Å². The molecule has 1 aromatic heterocycles. The maximum Gasteiger partial charge on any atom is 0.240 e. The standard InChI is InChI=1S/C14H17N3O3S/c1-10-15-14(16-20-10)11-5-4-8-13(9-11)21(18,19)17-12-6-2-3-7-12/h4-5,8-9,12,17H,2-3,6-7H2,1H3. The van der Waals surface area contributed by atoms with Gasteiger partial charge in [-0.3, -0.25) is 0 Å². The zero-order valence-electron chi connectivity index (χ0n) is 11.7. The molecular formula is C14H17N3O3S. The summed E-state index contributed by atoms with van der Waals surface area (Å²) >= 11 is 0. The number of rotatable bonds is 4. The summed E-state index contributed by atoms with van der Waals surface area (Å²) in [6.07, 6.45) is 3.97. The smallest absolute Gasteiger partial charge is 0.240 e. The molecule has 2 aromatic rings. The minimum Gasteiger partial charge on any atom is -0.339 e. The number of sulfonamides is 1. The molecule has 0 spiro atoms. The van der Waals surface area contributed by atoms with Crippen molar-refractivity contribution < 1.29 is 12.9 Å². The number of aryl methyl sites for hydroxylation is 1. The topological polar surface area (TPSA) is 85.1 Å². The average Bonchev–Trinajstić information content (AvgIpc) is 3.10. The summed E-state index contributed by atoms with van der Waals surface area (Å²) in [5, 5.41) is 3.81. The Balaban J connectivity index is 1.88. The Morgan fingerprint density at radius 1 is 1.29 bits per heavy atom. The van der Waals surface area contributed by atoms with Gasteiger partial charge < -0.3 is 4.52 Å². The number of hydrogen-bond donors (Lipinski definition) is 1. The molecule has 1 aromatic carbocycles. The Kier molecular flexibility index (Phi) is 3.77. The highest BCUT2D eigenvalue weighted by Crippen LogP contribution is 2.23. The third kappa shape index (κ3) is 3.14. The average molecular weight is 307 g/mol. The van der Waals surface area contributed by atoms with Crippen molar-refractivity contribution in [3.63, 3.8) is 0 Å². The lowest BCUT2D eigenvalue weighted by Gasteiger charge is -2.12. The molecule has 0 amide bonds. The summed E-state index contributed by atoms with van der Waals surface area (Å²) in [6.45, 7) is 1.69. The molecule has 0 aliphatic heterocycles. The first-order valence-corrected chi connectivity index (χ1v) is 8.46. The van der Waals surface area contributed by atoms with E-state index in [-0.39, 0.29) is 10.9 Å². The molecule has 1 fully saturated rings. The molecular weight excluding hydrogens is 290 g/mol. The van der Waals surface area contributed by atoms with Crippen molar-refractivity contribution in [3.05, 3.63) is 30.2 Å². The van der Waals surface area contributed by atoms with Gasteiger partial charge in [0.25, 0.3) is 0 Å². The number of hydrogen-bond acceptors (Lipinski definition) is 5. The molecule has 21 heavy (non-hydrogen) atoms. The second kappa shape index (κ2) is 5.57. The molecule has 3 rings (SSSR count). The summed E-state index contributed by atoms with van der Waals surface area (Å²) < 4.78 is 32.5. The number of aromatic nitrogens is 2. The van der Waals surface area contributed by atoms with E-state index in [1.165, 1.54) is 0 Å². The third-order valence-electron chi connectivity index (χ3n) is 3.61. The predicted octanol–water partition coefficient (Wildman–Crippen LogP) is 2.27. The van der Waals surface area contributed by atoms with Gasteiger partial charge >= 0.3 is 0 Å². The van der Waals surface area contributed by atoms with Crippen LogP contribution in [-0.2, 0) is 10.0 Å². The number of nitrogens with one attached hydrogen (secondary N) is 1. The van der Waals surface area contributed by atoms with Crippen molar-refractivity contribution in [3.8, 4) is 11.4 Å². The zero-order chi connectivity index (χ0) is 14.9. The Labute approximate surface area is 123 Å². The Morgan fingerprint density at radius 2 is 2.05 bits per heavy atom. The van der Waals surface area contributed by atoms with Gasteiger partial charge in [0, 0.05) is 18.5 Å². The van der Waals surface area contributed by atoms with Crippen LogP contribution in [0.15, 0.2) is 33.7 Å². The van der Waals surface area contributed by atoms with Gasteiger partial charge in [0.05, 0.1) is 4.90 Å². The molecule has 1 saturated carbocycles. The largest absolute Gasteiger partial charge is 0.339 e. The molecule has 0 saturated heterocycles. The highest BCUT2D eigenvalue weighted by Gasteiger charge is 2.23. The molecule has 1 N–H and O–H groups in total. The second-order valence-corrected chi connectivity index (χ2v) is 6.98. The van der Waals surface area contributed by atoms with Crippen LogP contribution < -0.4 is 4.72 Å². The van der Waals surface area contributed by atoms with Gasteiger partial charge in [0.1, 0.15) is 0 Å². The van der Waals surface area contributed by atoms with Crippen LogP contribution in [0.1, 0.15) is 31.6 Å². The van der Waals surface area contributed by atoms with E-state index < -0.39 is 10.0 Å². The summed E-state index contributed by atoms with van der Waals surface area (Å²) in [4.78, 5) is 4.35. The van der Waals surface area contributed by atoms with Crippen molar-refractivity contribution in [2.24, 2.45) is 0 Å². The van der Waals surface area contributed by atoms with Gasteiger partial charge in [-0.2, -0.15) is 4.98 Å². The molecule has 1 heterocycles. The van der Waals surface area contributed by atoms with Crippen LogP contribution in [0.3, 0.4) is 0 Å². The number of benzene rings is 1. The van der Waals surface area contributed by atoms with Gasteiger partial charge in [-0.25, -0.2) is 13.1 Å². The van der Waals surface area contributed by atoms with E-state index in [2.05, 4.69) is 14.9 Å². The van der Waals surface area contributed by atoms with E-state index in [0.717, 1.165) is 25.7 Å². The van der Waals surface area contributed by atoms with Gasteiger partial charge in [0.2, 0.25) is 21.7 Å². The Morgan fingerprint density at radius 3 is 2.71 bits per heavy atom. The predicted molar refractivity (Wildman–Crippen MR) is 77.0 cm³/mol. The molecule has 6 nitrogen and oxygen atoms in total. The van der Waals surface area contributed by atoms with Crippen LogP contribution in [0.5, 0.6) is 0 Å². The second-order valence-electron chi connectivity index (χ2n) is 5.27. The first-order chi connectivity index (χ1) is 10.0. The lowest BCUT2D eigenvalue weighted by molar-refractivity contribution is 0.394. The molecule has 1 aliphatic carbocycles. The van der Waals surface area contributed by atoms with Crippen molar-refractivity contribution in [2.75, 3.05) is 0 Å². The Hall–Kier alpha value is -1.73. The summed E-state index contributed by atoms with van der Waals surface area (Å²) in [6, 6.07) is 6.64. The third-order valence-corrected chi connectivity index (χ3v) is 5.13. The normalized spacial score (nSPS) is 16.4. The molecule has 7 heteroatoms. The van der Waals surface area contributed by atoms with Crippen LogP contribution in [0, 0.1) is 6.92 Å². The van der Waals surface area contributed by atoms with E-state index in [0.29, 0.717) is 17.3 Å². The van der Waals surface area contributed by atoms with E-state index in [1.54, 1.807) is 31.2 Å². The molecule has 1 aliphatic rings. The highest BCUT2D eigenvalue weighted by molar-refractivity contribution is 7.89. The molecule has 112 valence electrons. The van der Waals surface area contributed by atoms with E-state index in [4.69, 9.17) is 4.52 Å². The number of nitrogens with zero attached hydrogens (tertiary/aromatic N) is 2. The van der Waals surface area contributed by atoms with Gasteiger partial charge in [-0.1, -0.05) is 30.1 Å². The van der Waals surface area contributed by atoms with Crippen LogP contribution in [0.4, 0.5) is 0 Å². The zero-order valence-corrected chi connectivity index (χ0v) is 12.6. The maximum atomic E-state index is 12.4.